The first kappa shape index (κ1) is 19.6. The second-order valence-electron chi connectivity index (χ2n) is 7.12. The Hall–Kier alpha value is -2.70. The molecule has 0 unspecified atom stereocenters. The van der Waals surface area contributed by atoms with Crippen molar-refractivity contribution in [2.24, 2.45) is 0 Å². The van der Waals surface area contributed by atoms with E-state index in [4.69, 9.17) is 0 Å². The van der Waals surface area contributed by atoms with Gasteiger partial charge in [-0.3, -0.25) is 4.90 Å². The van der Waals surface area contributed by atoms with Crippen molar-refractivity contribution in [1.82, 2.24) is 9.47 Å². The van der Waals surface area contributed by atoms with Crippen LogP contribution in [0.5, 0.6) is 11.8 Å². The standard InChI is InChI=1S/C23H24BrN3O2/c24-19-8-10-20(11-9-19)27-22(28)17-21(23(27)29)26-15-13-25(14-16-26)12-4-7-18-5-2-1-3-6-18/h1-11,17,28-29H,12-16H2. The highest BCUT2D eigenvalue weighted by atomic mass is 79.9. The summed E-state index contributed by atoms with van der Waals surface area (Å²) < 4.78 is 2.42. The minimum Gasteiger partial charge on any atom is -0.494 e. The lowest BCUT2D eigenvalue weighted by atomic mass is 10.2. The van der Waals surface area contributed by atoms with Gasteiger partial charge >= 0.3 is 0 Å². The zero-order valence-electron chi connectivity index (χ0n) is 16.1. The summed E-state index contributed by atoms with van der Waals surface area (Å²) in [5.41, 5.74) is 2.60. The summed E-state index contributed by atoms with van der Waals surface area (Å²) >= 11 is 3.41. The highest BCUT2D eigenvalue weighted by Gasteiger charge is 2.23. The van der Waals surface area contributed by atoms with Crippen LogP contribution in [-0.4, -0.2) is 52.4 Å². The molecule has 0 spiro atoms. The van der Waals surface area contributed by atoms with Crippen molar-refractivity contribution in [2.45, 2.75) is 0 Å². The van der Waals surface area contributed by atoms with Crippen LogP contribution in [0.3, 0.4) is 0 Å². The van der Waals surface area contributed by atoms with Crippen molar-refractivity contribution >= 4 is 27.7 Å². The predicted octanol–water partition coefficient (Wildman–Crippen LogP) is 4.49. The van der Waals surface area contributed by atoms with Gasteiger partial charge in [-0.25, -0.2) is 4.57 Å². The molecule has 1 aliphatic rings. The number of benzene rings is 2. The maximum atomic E-state index is 10.7. The van der Waals surface area contributed by atoms with Gasteiger partial charge in [0.25, 0.3) is 0 Å². The minimum atomic E-state index is 0.0352. The number of hydrogen-bond donors (Lipinski definition) is 2. The van der Waals surface area contributed by atoms with E-state index in [1.165, 1.54) is 10.1 Å². The van der Waals surface area contributed by atoms with Gasteiger partial charge in [0, 0.05) is 43.3 Å². The number of aromatic nitrogens is 1. The molecule has 0 radical (unpaired) electrons. The first-order valence-corrected chi connectivity index (χ1v) is 10.5. The minimum absolute atomic E-state index is 0.0352. The van der Waals surface area contributed by atoms with Gasteiger partial charge in [-0.1, -0.05) is 58.4 Å². The van der Waals surface area contributed by atoms with E-state index in [2.05, 4.69) is 50.0 Å². The lowest BCUT2D eigenvalue weighted by molar-refractivity contribution is 0.283. The molecule has 2 N–H and O–H groups in total. The molecule has 0 bridgehead atoms. The Bertz CT molecular complexity index is 975. The summed E-state index contributed by atoms with van der Waals surface area (Å²) in [5.74, 6) is 0.107. The van der Waals surface area contributed by atoms with E-state index < -0.39 is 0 Å². The molecule has 3 aromatic rings. The van der Waals surface area contributed by atoms with E-state index in [0.717, 1.165) is 42.9 Å². The number of aromatic hydroxyl groups is 2. The third-order valence-electron chi connectivity index (χ3n) is 5.21. The monoisotopic (exact) mass is 453 g/mol. The van der Waals surface area contributed by atoms with Gasteiger partial charge in [-0.15, -0.1) is 0 Å². The first-order chi connectivity index (χ1) is 14.1. The van der Waals surface area contributed by atoms with E-state index in [-0.39, 0.29) is 11.8 Å². The van der Waals surface area contributed by atoms with E-state index in [1.54, 1.807) is 6.07 Å². The Kier molecular flexibility index (Phi) is 5.92. The maximum Gasteiger partial charge on any atom is 0.223 e. The summed E-state index contributed by atoms with van der Waals surface area (Å²) in [7, 11) is 0. The molecule has 1 aromatic heterocycles. The van der Waals surface area contributed by atoms with Crippen molar-refractivity contribution < 1.29 is 10.2 Å². The number of hydrogen-bond acceptors (Lipinski definition) is 4. The molecule has 29 heavy (non-hydrogen) atoms. The van der Waals surface area contributed by atoms with E-state index in [0.29, 0.717) is 5.69 Å². The normalized spacial score (nSPS) is 15.3. The topological polar surface area (TPSA) is 51.9 Å². The van der Waals surface area contributed by atoms with Crippen LogP contribution in [0, 0.1) is 0 Å². The molecule has 4 rings (SSSR count). The Balaban J connectivity index is 1.39. The van der Waals surface area contributed by atoms with E-state index >= 15 is 0 Å². The lowest BCUT2D eigenvalue weighted by Gasteiger charge is -2.35. The van der Waals surface area contributed by atoms with Gasteiger partial charge in [0.1, 0.15) is 5.69 Å². The van der Waals surface area contributed by atoms with Crippen LogP contribution >= 0.6 is 15.9 Å². The summed E-state index contributed by atoms with van der Waals surface area (Å²) in [4.78, 5) is 4.51. The van der Waals surface area contributed by atoms with Crippen LogP contribution in [0.1, 0.15) is 5.56 Å². The Morgan fingerprint density at radius 1 is 0.897 bits per heavy atom. The molecule has 6 heteroatoms. The number of piperazine rings is 1. The largest absolute Gasteiger partial charge is 0.494 e. The van der Waals surface area contributed by atoms with Crippen LogP contribution in [0.15, 0.2) is 71.2 Å². The van der Waals surface area contributed by atoms with Crippen LogP contribution < -0.4 is 4.90 Å². The summed E-state index contributed by atoms with van der Waals surface area (Å²) in [5, 5.41) is 21.1. The third kappa shape index (κ3) is 4.49. The second kappa shape index (κ2) is 8.76. The highest BCUT2D eigenvalue weighted by Crippen LogP contribution is 2.38. The van der Waals surface area contributed by atoms with Crippen molar-refractivity contribution in [1.29, 1.82) is 0 Å². The molecule has 2 heterocycles. The molecule has 1 saturated heterocycles. The van der Waals surface area contributed by atoms with Crippen LogP contribution in [0.25, 0.3) is 11.8 Å². The summed E-state index contributed by atoms with van der Waals surface area (Å²) in [6.45, 7) is 4.32. The Morgan fingerprint density at radius 2 is 1.59 bits per heavy atom. The van der Waals surface area contributed by atoms with E-state index in [1.807, 2.05) is 42.5 Å². The molecule has 0 atom stereocenters. The molecular formula is C23H24BrN3O2. The fraction of sp³-hybridized carbons (Fsp3) is 0.217. The molecule has 0 saturated carbocycles. The molecule has 0 amide bonds. The second-order valence-corrected chi connectivity index (χ2v) is 8.04. The number of nitrogens with zero attached hydrogens (tertiary/aromatic N) is 3. The predicted molar refractivity (Wildman–Crippen MR) is 121 cm³/mol. The molecule has 150 valence electrons. The van der Waals surface area contributed by atoms with Crippen molar-refractivity contribution in [2.75, 3.05) is 37.6 Å². The average Bonchev–Trinajstić information content (AvgIpc) is 3.04. The van der Waals surface area contributed by atoms with Crippen LogP contribution in [-0.2, 0) is 0 Å². The Morgan fingerprint density at radius 3 is 2.28 bits per heavy atom. The average molecular weight is 454 g/mol. The fourth-order valence-corrected chi connectivity index (χ4v) is 3.89. The van der Waals surface area contributed by atoms with Gasteiger partial charge in [0.15, 0.2) is 0 Å². The maximum absolute atomic E-state index is 10.7. The van der Waals surface area contributed by atoms with Crippen molar-refractivity contribution in [3.63, 3.8) is 0 Å². The first-order valence-electron chi connectivity index (χ1n) is 9.70. The van der Waals surface area contributed by atoms with Crippen LogP contribution in [0.2, 0.25) is 0 Å². The number of rotatable bonds is 5. The lowest BCUT2D eigenvalue weighted by Crippen LogP contribution is -2.46. The highest BCUT2D eigenvalue weighted by molar-refractivity contribution is 9.10. The summed E-state index contributed by atoms with van der Waals surface area (Å²) in [6.07, 6.45) is 4.34. The fourth-order valence-electron chi connectivity index (χ4n) is 3.63. The van der Waals surface area contributed by atoms with Crippen molar-refractivity contribution in [3.8, 4) is 17.4 Å². The van der Waals surface area contributed by atoms with Crippen LogP contribution in [0.4, 0.5) is 5.69 Å². The summed E-state index contributed by atoms with van der Waals surface area (Å²) in [6, 6.07) is 19.4. The third-order valence-corrected chi connectivity index (χ3v) is 5.74. The number of anilines is 1. The quantitative estimate of drug-likeness (QED) is 0.597. The number of halogens is 1. The van der Waals surface area contributed by atoms with E-state index in [9.17, 15) is 10.2 Å². The van der Waals surface area contributed by atoms with Crippen molar-refractivity contribution in [3.05, 3.63) is 76.8 Å². The zero-order chi connectivity index (χ0) is 20.2. The molecule has 2 aromatic carbocycles. The SMILES string of the molecule is Oc1cc(N2CCN(CC=Cc3ccccc3)CC2)c(O)n1-c1ccc(Br)cc1. The van der Waals surface area contributed by atoms with Gasteiger partial charge in [0.05, 0.1) is 5.69 Å². The smallest absolute Gasteiger partial charge is 0.223 e. The van der Waals surface area contributed by atoms with Gasteiger partial charge in [-0.2, -0.15) is 0 Å². The molecule has 1 aliphatic heterocycles. The van der Waals surface area contributed by atoms with Gasteiger partial charge in [-0.05, 0) is 29.8 Å². The zero-order valence-corrected chi connectivity index (χ0v) is 17.7. The molecule has 5 nitrogen and oxygen atoms in total. The van der Waals surface area contributed by atoms with Gasteiger partial charge < -0.3 is 15.1 Å². The van der Waals surface area contributed by atoms with Gasteiger partial charge in [0.2, 0.25) is 11.8 Å². The Labute approximate surface area is 179 Å². The molecule has 1 fully saturated rings. The molecular weight excluding hydrogens is 430 g/mol. The molecule has 0 aliphatic carbocycles.